The first-order chi connectivity index (χ1) is 19.1. The summed E-state index contributed by atoms with van der Waals surface area (Å²) in [6, 6.07) is 45.8. The fraction of sp³-hybridized carbons (Fsp3) is 0.0811. The zero-order valence-electron chi connectivity index (χ0n) is 22.0. The Hall–Kier alpha value is -4.82. The molecule has 0 amide bonds. The Balaban J connectivity index is 1.36. The Labute approximate surface area is 227 Å². The summed E-state index contributed by atoms with van der Waals surface area (Å²) in [6.07, 6.45) is 0. The van der Waals surface area contributed by atoms with Crippen LogP contribution in [0, 0.1) is 0 Å². The number of furan rings is 1. The minimum absolute atomic E-state index is 0.0616. The summed E-state index contributed by atoms with van der Waals surface area (Å²) in [5.41, 5.74) is 10.6. The molecule has 2 heteroatoms. The number of benzene rings is 6. The molecule has 0 radical (unpaired) electrons. The molecule has 0 N–H and O–H groups in total. The second kappa shape index (κ2) is 8.09. The average molecular weight is 502 g/mol. The van der Waals surface area contributed by atoms with E-state index in [-0.39, 0.29) is 5.41 Å². The molecule has 0 saturated heterocycles. The molecule has 6 aromatic carbocycles. The molecule has 1 aromatic heterocycles. The van der Waals surface area contributed by atoms with Crippen LogP contribution in [0.4, 0.5) is 17.1 Å². The average Bonchev–Trinajstić information content (AvgIpc) is 3.46. The molecule has 0 atom stereocenters. The highest BCUT2D eigenvalue weighted by molar-refractivity contribution is 6.19. The number of nitrogens with zero attached hydrogens (tertiary/aromatic N) is 1. The van der Waals surface area contributed by atoms with Gasteiger partial charge in [-0.2, -0.15) is 0 Å². The van der Waals surface area contributed by atoms with Gasteiger partial charge in [0.25, 0.3) is 0 Å². The Morgan fingerprint density at radius 2 is 1.21 bits per heavy atom. The van der Waals surface area contributed by atoms with E-state index in [1.54, 1.807) is 0 Å². The van der Waals surface area contributed by atoms with E-state index in [1.165, 1.54) is 38.4 Å². The Kier molecular flexibility index (Phi) is 4.60. The van der Waals surface area contributed by atoms with Gasteiger partial charge < -0.3 is 9.32 Å². The predicted molar refractivity (Wildman–Crippen MR) is 163 cm³/mol. The van der Waals surface area contributed by atoms with Crippen molar-refractivity contribution in [3.8, 4) is 11.1 Å². The molecular formula is C37H27NO. The molecule has 0 bridgehead atoms. The van der Waals surface area contributed by atoms with Gasteiger partial charge in [-0.1, -0.05) is 92.7 Å². The Bertz CT molecular complexity index is 2050. The third kappa shape index (κ3) is 3.21. The second-order valence-corrected chi connectivity index (χ2v) is 11.0. The van der Waals surface area contributed by atoms with Crippen LogP contribution in [-0.2, 0) is 5.41 Å². The summed E-state index contributed by atoms with van der Waals surface area (Å²) in [4.78, 5) is 2.36. The predicted octanol–water partition coefficient (Wildman–Crippen LogP) is 10.5. The first kappa shape index (κ1) is 22.2. The molecule has 1 aliphatic rings. The van der Waals surface area contributed by atoms with Crippen LogP contribution in [0.2, 0.25) is 0 Å². The number of fused-ring (bicyclic) bond motifs is 8. The molecule has 186 valence electrons. The summed E-state index contributed by atoms with van der Waals surface area (Å²) in [5, 5.41) is 4.74. The van der Waals surface area contributed by atoms with Gasteiger partial charge in [-0.3, -0.25) is 0 Å². The van der Waals surface area contributed by atoms with Gasteiger partial charge in [-0.05, 0) is 81.6 Å². The first-order valence-corrected chi connectivity index (χ1v) is 13.5. The van der Waals surface area contributed by atoms with Crippen molar-refractivity contribution in [1.29, 1.82) is 0 Å². The van der Waals surface area contributed by atoms with E-state index in [0.29, 0.717) is 0 Å². The number of para-hydroxylation sites is 1. The summed E-state index contributed by atoms with van der Waals surface area (Å²) in [6.45, 7) is 4.67. The van der Waals surface area contributed by atoms with E-state index < -0.39 is 0 Å². The molecule has 0 aliphatic heterocycles. The summed E-state index contributed by atoms with van der Waals surface area (Å²) in [7, 11) is 0. The molecule has 0 spiro atoms. The highest BCUT2D eigenvalue weighted by atomic mass is 16.3. The van der Waals surface area contributed by atoms with Crippen molar-refractivity contribution in [2.45, 2.75) is 19.3 Å². The maximum Gasteiger partial charge on any atom is 0.136 e. The van der Waals surface area contributed by atoms with Crippen LogP contribution in [0.3, 0.4) is 0 Å². The lowest BCUT2D eigenvalue weighted by Crippen LogP contribution is -2.16. The van der Waals surface area contributed by atoms with E-state index in [0.717, 1.165) is 33.6 Å². The minimum Gasteiger partial charge on any atom is -0.456 e. The van der Waals surface area contributed by atoms with Gasteiger partial charge in [-0.25, -0.2) is 0 Å². The van der Waals surface area contributed by atoms with E-state index in [4.69, 9.17) is 4.42 Å². The van der Waals surface area contributed by atoms with Crippen LogP contribution in [0.5, 0.6) is 0 Å². The normalized spacial score (nSPS) is 13.6. The van der Waals surface area contributed by atoms with Crippen molar-refractivity contribution in [3.63, 3.8) is 0 Å². The molecule has 0 unspecified atom stereocenters. The molecular weight excluding hydrogens is 474 g/mol. The zero-order chi connectivity index (χ0) is 26.1. The quantitative estimate of drug-likeness (QED) is 0.239. The van der Waals surface area contributed by atoms with Gasteiger partial charge >= 0.3 is 0 Å². The number of hydrogen-bond donors (Lipinski definition) is 0. The lowest BCUT2D eigenvalue weighted by atomic mass is 9.82. The Morgan fingerprint density at radius 3 is 2.10 bits per heavy atom. The third-order valence-corrected chi connectivity index (χ3v) is 8.44. The van der Waals surface area contributed by atoms with Gasteiger partial charge in [0, 0.05) is 33.2 Å². The topological polar surface area (TPSA) is 16.4 Å². The fourth-order valence-electron chi connectivity index (χ4n) is 6.53. The van der Waals surface area contributed by atoms with Crippen molar-refractivity contribution < 1.29 is 4.42 Å². The highest BCUT2D eigenvalue weighted by Gasteiger charge is 2.35. The SMILES string of the molecule is CC1(C)c2ccccc2-c2ccc(N(c3ccccc3)c3ccc4oc5ccc6ccccc6c5c4c3)cc21. The molecule has 2 nitrogen and oxygen atoms in total. The maximum atomic E-state index is 6.31. The number of anilines is 3. The van der Waals surface area contributed by atoms with E-state index in [1.807, 2.05) is 0 Å². The molecule has 0 fully saturated rings. The van der Waals surface area contributed by atoms with E-state index in [2.05, 4.69) is 146 Å². The lowest BCUT2D eigenvalue weighted by Gasteiger charge is -2.28. The molecule has 7 aromatic rings. The number of hydrogen-bond acceptors (Lipinski definition) is 2. The van der Waals surface area contributed by atoms with Gasteiger partial charge in [0.2, 0.25) is 0 Å². The zero-order valence-corrected chi connectivity index (χ0v) is 22.0. The van der Waals surface area contributed by atoms with Crippen LogP contribution in [-0.4, -0.2) is 0 Å². The molecule has 0 saturated carbocycles. The molecule has 39 heavy (non-hydrogen) atoms. The van der Waals surface area contributed by atoms with Crippen molar-refractivity contribution in [3.05, 3.63) is 139 Å². The van der Waals surface area contributed by atoms with Crippen molar-refractivity contribution >= 4 is 49.8 Å². The summed E-state index contributed by atoms with van der Waals surface area (Å²) in [5.74, 6) is 0. The van der Waals surface area contributed by atoms with Crippen LogP contribution in [0.25, 0.3) is 43.8 Å². The largest absolute Gasteiger partial charge is 0.456 e. The first-order valence-electron chi connectivity index (χ1n) is 13.5. The maximum absolute atomic E-state index is 6.31. The van der Waals surface area contributed by atoms with Crippen LogP contribution >= 0.6 is 0 Å². The van der Waals surface area contributed by atoms with Crippen LogP contribution < -0.4 is 4.90 Å². The van der Waals surface area contributed by atoms with E-state index in [9.17, 15) is 0 Å². The van der Waals surface area contributed by atoms with Crippen LogP contribution in [0.1, 0.15) is 25.0 Å². The van der Waals surface area contributed by atoms with Gasteiger partial charge in [-0.15, -0.1) is 0 Å². The van der Waals surface area contributed by atoms with Gasteiger partial charge in [0.1, 0.15) is 11.2 Å². The molecule has 1 heterocycles. The standard InChI is InChI=1S/C37H27NO/c1-37(2)32-15-9-8-14-29(32)30-19-17-27(23-33(30)37)38(25-11-4-3-5-12-25)26-18-21-34-31(22-26)36-28-13-7-6-10-24(28)16-20-35(36)39-34/h3-23H,1-2H3. The van der Waals surface area contributed by atoms with E-state index >= 15 is 0 Å². The van der Waals surface area contributed by atoms with Crippen molar-refractivity contribution in [2.75, 3.05) is 4.90 Å². The monoisotopic (exact) mass is 501 g/mol. The second-order valence-electron chi connectivity index (χ2n) is 11.0. The van der Waals surface area contributed by atoms with Crippen molar-refractivity contribution in [1.82, 2.24) is 0 Å². The van der Waals surface area contributed by atoms with Gasteiger partial charge in [0.05, 0.1) is 0 Å². The lowest BCUT2D eigenvalue weighted by molar-refractivity contribution is 0.660. The fourth-order valence-corrected chi connectivity index (χ4v) is 6.53. The smallest absolute Gasteiger partial charge is 0.136 e. The number of rotatable bonds is 3. The Morgan fingerprint density at radius 1 is 0.513 bits per heavy atom. The van der Waals surface area contributed by atoms with Gasteiger partial charge in [0.15, 0.2) is 0 Å². The summed E-state index contributed by atoms with van der Waals surface area (Å²) >= 11 is 0. The minimum atomic E-state index is -0.0616. The highest BCUT2D eigenvalue weighted by Crippen LogP contribution is 2.50. The molecule has 1 aliphatic carbocycles. The third-order valence-electron chi connectivity index (χ3n) is 8.44. The van der Waals surface area contributed by atoms with Crippen LogP contribution in [0.15, 0.2) is 132 Å². The summed E-state index contributed by atoms with van der Waals surface area (Å²) < 4.78 is 6.31. The van der Waals surface area contributed by atoms with Crippen molar-refractivity contribution in [2.24, 2.45) is 0 Å². The molecule has 8 rings (SSSR count).